The Morgan fingerprint density at radius 3 is 2.57 bits per heavy atom. The normalized spacial score (nSPS) is 9.36. The summed E-state index contributed by atoms with van der Waals surface area (Å²) < 4.78 is 0. The first kappa shape index (κ1) is 11.1. The van der Waals surface area contributed by atoms with Gasteiger partial charge in [-0.15, -0.1) is 11.6 Å². The SMILES string of the molecule is CCc1ccc(CC)c(C#CCCl)c1. The summed E-state index contributed by atoms with van der Waals surface area (Å²) in [5.41, 5.74) is 3.77. The molecule has 0 fully saturated rings. The van der Waals surface area contributed by atoms with Gasteiger partial charge < -0.3 is 0 Å². The van der Waals surface area contributed by atoms with Crippen LogP contribution >= 0.6 is 11.6 Å². The van der Waals surface area contributed by atoms with Gasteiger partial charge in [-0.05, 0) is 30.0 Å². The Hall–Kier alpha value is -0.930. The van der Waals surface area contributed by atoms with Crippen LogP contribution in [0, 0.1) is 11.8 Å². The van der Waals surface area contributed by atoms with Crippen LogP contribution in [0.25, 0.3) is 0 Å². The van der Waals surface area contributed by atoms with Gasteiger partial charge in [-0.2, -0.15) is 0 Å². The van der Waals surface area contributed by atoms with Gasteiger partial charge in [-0.3, -0.25) is 0 Å². The van der Waals surface area contributed by atoms with Crippen LogP contribution in [0.5, 0.6) is 0 Å². The lowest BCUT2D eigenvalue weighted by molar-refractivity contribution is 1.09. The van der Waals surface area contributed by atoms with E-state index in [1.165, 1.54) is 11.1 Å². The molecule has 0 N–H and O–H groups in total. The number of hydrogen-bond acceptors (Lipinski definition) is 0. The molecule has 0 radical (unpaired) electrons. The monoisotopic (exact) mass is 206 g/mol. The Kier molecular flexibility index (Phi) is 4.56. The van der Waals surface area contributed by atoms with Crippen molar-refractivity contribution >= 4 is 11.6 Å². The molecule has 0 unspecified atom stereocenters. The van der Waals surface area contributed by atoms with E-state index in [0.29, 0.717) is 5.88 Å². The number of alkyl halides is 1. The minimum atomic E-state index is 0.402. The summed E-state index contributed by atoms with van der Waals surface area (Å²) in [5.74, 6) is 6.41. The maximum absolute atomic E-state index is 5.55. The minimum absolute atomic E-state index is 0.402. The molecule has 0 spiro atoms. The summed E-state index contributed by atoms with van der Waals surface area (Å²) in [6.45, 7) is 4.30. The van der Waals surface area contributed by atoms with Gasteiger partial charge in [0.2, 0.25) is 0 Å². The summed E-state index contributed by atoms with van der Waals surface area (Å²) in [4.78, 5) is 0. The lowest BCUT2D eigenvalue weighted by atomic mass is 10.0. The van der Waals surface area contributed by atoms with Crippen molar-refractivity contribution in [1.82, 2.24) is 0 Å². The highest BCUT2D eigenvalue weighted by Gasteiger charge is 1.98. The van der Waals surface area contributed by atoms with E-state index < -0.39 is 0 Å². The quantitative estimate of drug-likeness (QED) is 0.514. The molecule has 0 amide bonds. The molecule has 1 heteroatoms. The highest BCUT2D eigenvalue weighted by Crippen LogP contribution is 2.12. The zero-order valence-electron chi connectivity index (χ0n) is 8.73. The summed E-state index contributed by atoms with van der Waals surface area (Å²) in [6, 6.07) is 6.50. The molecule has 0 atom stereocenters. The lowest BCUT2D eigenvalue weighted by Crippen LogP contribution is -1.90. The van der Waals surface area contributed by atoms with E-state index in [9.17, 15) is 0 Å². The van der Waals surface area contributed by atoms with E-state index in [1.807, 2.05) is 0 Å². The lowest BCUT2D eigenvalue weighted by Gasteiger charge is -2.03. The second-order valence-corrected chi connectivity index (χ2v) is 3.40. The second-order valence-electron chi connectivity index (χ2n) is 3.13. The summed E-state index contributed by atoms with van der Waals surface area (Å²) in [7, 11) is 0. The Morgan fingerprint density at radius 1 is 1.21 bits per heavy atom. The Labute approximate surface area is 91.3 Å². The molecule has 0 saturated heterocycles. The molecule has 0 aromatic heterocycles. The van der Waals surface area contributed by atoms with Gasteiger partial charge in [0.25, 0.3) is 0 Å². The van der Waals surface area contributed by atoms with Crippen molar-refractivity contribution in [3.8, 4) is 11.8 Å². The van der Waals surface area contributed by atoms with Gasteiger partial charge in [0.1, 0.15) is 0 Å². The maximum atomic E-state index is 5.55. The molecule has 0 bridgehead atoms. The van der Waals surface area contributed by atoms with Crippen molar-refractivity contribution in [2.45, 2.75) is 26.7 Å². The van der Waals surface area contributed by atoms with Gasteiger partial charge in [0.15, 0.2) is 0 Å². The fourth-order valence-electron chi connectivity index (χ4n) is 1.40. The van der Waals surface area contributed by atoms with Gasteiger partial charge >= 0.3 is 0 Å². The van der Waals surface area contributed by atoms with Crippen molar-refractivity contribution in [2.75, 3.05) is 5.88 Å². The predicted molar refractivity (Wildman–Crippen MR) is 62.8 cm³/mol. The van der Waals surface area contributed by atoms with Gasteiger partial charge in [-0.1, -0.05) is 37.8 Å². The first-order chi connectivity index (χ1) is 6.81. The largest absolute Gasteiger partial charge is 0.113 e. The number of rotatable bonds is 2. The number of halogens is 1. The molecule has 0 aliphatic heterocycles. The molecule has 0 heterocycles. The average Bonchev–Trinajstić information content (AvgIpc) is 2.25. The molecule has 1 aromatic rings. The molecular weight excluding hydrogens is 192 g/mol. The molecule has 1 rings (SSSR count). The fourth-order valence-corrected chi connectivity index (χ4v) is 1.46. The van der Waals surface area contributed by atoms with E-state index in [4.69, 9.17) is 11.6 Å². The van der Waals surface area contributed by atoms with E-state index in [0.717, 1.165) is 18.4 Å². The first-order valence-corrected chi connectivity index (χ1v) is 5.51. The zero-order valence-corrected chi connectivity index (χ0v) is 9.49. The molecule has 0 aliphatic carbocycles. The Morgan fingerprint density at radius 2 is 2.00 bits per heavy atom. The molecule has 0 saturated carbocycles. The van der Waals surface area contributed by atoms with Gasteiger partial charge in [-0.25, -0.2) is 0 Å². The highest BCUT2D eigenvalue weighted by atomic mass is 35.5. The van der Waals surface area contributed by atoms with Gasteiger partial charge in [0.05, 0.1) is 5.88 Å². The smallest absolute Gasteiger partial charge is 0.0839 e. The third-order valence-electron chi connectivity index (χ3n) is 2.25. The Bertz CT molecular complexity index is 355. The zero-order chi connectivity index (χ0) is 10.4. The van der Waals surface area contributed by atoms with Gasteiger partial charge in [0, 0.05) is 5.56 Å². The standard InChI is InChI=1S/C13H15Cl/c1-3-11-7-8-12(4-2)13(10-11)6-5-9-14/h7-8,10H,3-4,9H2,1-2H3. The highest BCUT2D eigenvalue weighted by molar-refractivity contribution is 6.19. The number of hydrogen-bond donors (Lipinski definition) is 0. The van der Waals surface area contributed by atoms with Crippen LogP contribution in [0.4, 0.5) is 0 Å². The fraction of sp³-hybridized carbons (Fsp3) is 0.385. The number of aryl methyl sites for hydroxylation is 2. The molecule has 14 heavy (non-hydrogen) atoms. The van der Waals surface area contributed by atoms with Crippen molar-refractivity contribution in [1.29, 1.82) is 0 Å². The second kappa shape index (κ2) is 5.73. The molecule has 0 aliphatic rings. The van der Waals surface area contributed by atoms with Crippen LogP contribution < -0.4 is 0 Å². The molecular formula is C13H15Cl. The minimum Gasteiger partial charge on any atom is -0.113 e. The van der Waals surface area contributed by atoms with Crippen LogP contribution in [0.15, 0.2) is 18.2 Å². The van der Waals surface area contributed by atoms with Crippen LogP contribution in [-0.4, -0.2) is 5.88 Å². The summed E-state index contributed by atoms with van der Waals surface area (Å²) >= 11 is 5.55. The predicted octanol–water partition coefficient (Wildman–Crippen LogP) is 3.40. The van der Waals surface area contributed by atoms with Crippen molar-refractivity contribution in [2.24, 2.45) is 0 Å². The van der Waals surface area contributed by atoms with Crippen molar-refractivity contribution in [3.63, 3.8) is 0 Å². The topological polar surface area (TPSA) is 0 Å². The number of benzene rings is 1. The molecule has 0 nitrogen and oxygen atoms in total. The Balaban J connectivity index is 3.08. The third-order valence-corrected chi connectivity index (χ3v) is 2.39. The van der Waals surface area contributed by atoms with Crippen LogP contribution in [0.2, 0.25) is 0 Å². The van der Waals surface area contributed by atoms with Crippen molar-refractivity contribution < 1.29 is 0 Å². The van der Waals surface area contributed by atoms with Crippen LogP contribution in [-0.2, 0) is 12.8 Å². The first-order valence-electron chi connectivity index (χ1n) is 4.98. The van der Waals surface area contributed by atoms with E-state index in [1.54, 1.807) is 0 Å². The maximum Gasteiger partial charge on any atom is 0.0839 e. The summed E-state index contributed by atoms with van der Waals surface area (Å²) in [5, 5.41) is 0. The molecule has 1 aromatic carbocycles. The van der Waals surface area contributed by atoms with E-state index >= 15 is 0 Å². The van der Waals surface area contributed by atoms with Crippen molar-refractivity contribution in [3.05, 3.63) is 34.9 Å². The third kappa shape index (κ3) is 2.79. The average molecular weight is 207 g/mol. The summed E-state index contributed by atoms with van der Waals surface area (Å²) in [6.07, 6.45) is 2.08. The van der Waals surface area contributed by atoms with Crippen LogP contribution in [0.3, 0.4) is 0 Å². The molecule has 74 valence electrons. The van der Waals surface area contributed by atoms with E-state index in [-0.39, 0.29) is 0 Å². The van der Waals surface area contributed by atoms with Crippen LogP contribution in [0.1, 0.15) is 30.5 Å². The van der Waals surface area contributed by atoms with E-state index in [2.05, 4.69) is 43.9 Å².